The number of amides is 1. The minimum absolute atomic E-state index is 0.00284. The van der Waals surface area contributed by atoms with Crippen LogP contribution in [0.4, 0.5) is 5.69 Å². The Kier molecular flexibility index (Phi) is 10.2. The predicted molar refractivity (Wildman–Crippen MR) is 122 cm³/mol. The molecule has 32 heavy (non-hydrogen) atoms. The molecule has 0 radical (unpaired) electrons. The number of esters is 1. The van der Waals surface area contributed by atoms with Gasteiger partial charge in [0.1, 0.15) is 11.5 Å². The molecule has 0 saturated carbocycles. The number of carbonyl (C=O) groups is 3. The molecular weight excluding hydrogens is 410 g/mol. The molecule has 7 nitrogen and oxygen atoms in total. The van der Waals surface area contributed by atoms with E-state index in [1.54, 1.807) is 36.4 Å². The predicted octanol–water partition coefficient (Wildman–Crippen LogP) is 4.72. The fourth-order valence-electron chi connectivity index (χ4n) is 2.96. The second kappa shape index (κ2) is 13.1. The Morgan fingerprint density at radius 2 is 1.72 bits per heavy atom. The summed E-state index contributed by atoms with van der Waals surface area (Å²) in [5.41, 5.74) is 1.96. The third-order valence-corrected chi connectivity index (χ3v) is 4.74. The van der Waals surface area contributed by atoms with Crippen molar-refractivity contribution in [3.8, 4) is 11.5 Å². The summed E-state index contributed by atoms with van der Waals surface area (Å²) in [5.74, 6) is -0.0383. The largest absolute Gasteiger partial charge is 0.495 e. The number of rotatable bonds is 13. The summed E-state index contributed by atoms with van der Waals surface area (Å²) in [6.45, 7) is 4.24. The first kappa shape index (κ1) is 24.9. The number of unbranched alkanes of at least 4 members (excludes halogenated alkanes) is 2. The van der Waals surface area contributed by atoms with Gasteiger partial charge in [0.25, 0.3) is 5.91 Å². The molecule has 0 aliphatic rings. The highest BCUT2D eigenvalue weighted by molar-refractivity contribution is 5.98. The monoisotopic (exact) mass is 441 g/mol. The molecule has 1 N–H and O–H groups in total. The van der Waals surface area contributed by atoms with Crippen LogP contribution in [-0.4, -0.2) is 38.0 Å². The Bertz CT molecular complexity index is 907. The third-order valence-electron chi connectivity index (χ3n) is 4.74. The minimum Gasteiger partial charge on any atom is -0.495 e. The highest BCUT2D eigenvalue weighted by Crippen LogP contribution is 2.25. The number of aryl methyl sites for hydroxylation is 1. The zero-order valence-corrected chi connectivity index (χ0v) is 18.9. The Hall–Kier alpha value is -3.35. The van der Waals surface area contributed by atoms with Gasteiger partial charge in [0.15, 0.2) is 12.4 Å². The summed E-state index contributed by atoms with van der Waals surface area (Å²) in [6.07, 6.45) is 3.15. The van der Waals surface area contributed by atoms with Crippen molar-refractivity contribution in [1.29, 1.82) is 0 Å². The van der Waals surface area contributed by atoms with E-state index < -0.39 is 18.5 Å². The van der Waals surface area contributed by atoms with Crippen molar-refractivity contribution in [2.75, 3.05) is 25.6 Å². The van der Waals surface area contributed by atoms with Gasteiger partial charge in [-0.3, -0.25) is 14.4 Å². The van der Waals surface area contributed by atoms with Crippen LogP contribution in [0.15, 0.2) is 42.5 Å². The van der Waals surface area contributed by atoms with E-state index in [2.05, 4.69) is 12.2 Å². The van der Waals surface area contributed by atoms with Crippen LogP contribution >= 0.6 is 0 Å². The molecule has 0 saturated heterocycles. The highest BCUT2D eigenvalue weighted by atomic mass is 16.5. The van der Waals surface area contributed by atoms with Gasteiger partial charge in [-0.2, -0.15) is 0 Å². The van der Waals surface area contributed by atoms with Crippen molar-refractivity contribution in [2.45, 2.75) is 46.0 Å². The summed E-state index contributed by atoms with van der Waals surface area (Å²) in [4.78, 5) is 36.3. The summed E-state index contributed by atoms with van der Waals surface area (Å²) in [6, 6.07) is 12.2. The number of hydrogen-bond acceptors (Lipinski definition) is 6. The van der Waals surface area contributed by atoms with Crippen LogP contribution in [0, 0.1) is 6.92 Å². The fraction of sp³-hybridized carbons (Fsp3) is 0.400. The molecule has 2 aromatic rings. The Labute approximate surface area is 189 Å². The number of anilines is 1. The SMILES string of the molecule is CCCCCOc1ccc(C(=O)CCC(=O)OCC(=O)Nc2cc(C)ccc2OC)cc1. The maximum Gasteiger partial charge on any atom is 0.306 e. The Balaban J connectivity index is 1.72. The second-order valence-electron chi connectivity index (χ2n) is 7.42. The van der Waals surface area contributed by atoms with Gasteiger partial charge in [-0.05, 0) is 55.3 Å². The Morgan fingerprint density at radius 1 is 0.969 bits per heavy atom. The Morgan fingerprint density at radius 3 is 2.41 bits per heavy atom. The number of Topliss-reactive ketones (excluding diaryl/α,β-unsaturated/α-hetero) is 1. The zero-order valence-electron chi connectivity index (χ0n) is 18.9. The lowest BCUT2D eigenvalue weighted by Gasteiger charge is -2.11. The molecule has 0 atom stereocenters. The van der Waals surface area contributed by atoms with E-state index in [1.807, 2.05) is 13.0 Å². The number of hydrogen-bond donors (Lipinski definition) is 1. The van der Waals surface area contributed by atoms with Crippen LogP contribution in [0.25, 0.3) is 0 Å². The van der Waals surface area contributed by atoms with Crippen LogP contribution in [0.2, 0.25) is 0 Å². The van der Waals surface area contributed by atoms with Gasteiger partial charge in [-0.15, -0.1) is 0 Å². The molecule has 2 rings (SSSR count). The van der Waals surface area contributed by atoms with Crippen molar-refractivity contribution in [1.82, 2.24) is 0 Å². The first-order valence-corrected chi connectivity index (χ1v) is 10.8. The van der Waals surface area contributed by atoms with Crippen LogP contribution < -0.4 is 14.8 Å². The molecule has 2 aromatic carbocycles. The van der Waals surface area contributed by atoms with Crippen LogP contribution in [-0.2, 0) is 14.3 Å². The van der Waals surface area contributed by atoms with E-state index >= 15 is 0 Å². The fourth-order valence-corrected chi connectivity index (χ4v) is 2.96. The average molecular weight is 442 g/mol. The summed E-state index contributed by atoms with van der Waals surface area (Å²) in [7, 11) is 1.51. The van der Waals surface area contributed by atoms with Gasteiger partial charge in [0.05, 0.1) is 25.8 Å². The quantitative estimate of drug-likeness (QED) is 0.275. The minimum atomic E-state index is -0.611. The van der Waals surface area contributed by atoms with E-state index in [4.69, 9.17) is 14.2 Å². The molecule has 0 aromatic heterocycles. The van der Waals surface area contributed by atoms with Crippen molar-refractivity contribution in [3.63, 3.8) is 0 Å². The molecule has 0 aliphatic carbocycles. The molecule has 0 spiro atoms. The smallest absolute Gasteiger partial charge is 0.306 e. The lowest BCUT2D eigenvalue weighted by atomic mass is 10.1. The van der Waals surface area contributed by atoms with E-state index in [-0.39, 0.29) is 18.6 Å². The van der Waals surface area contributed by atoms with Crippen LogP contribution in [0.1, 0.15) is 54.9 Å². The molecule has 0 heterocycles. The first-order valence-electron chi connectivity index (χ1n) is 10.8. The second-order valence-corrected chi connectivity index (χ2v) is 7.42. The molecule has 1 amide bonds. The molecule has 0 unspecified atom stereocenters. The maximum absolute atomic E-state index is 12.3. The van der Waals surface area contributed by atoms with Gasteiger partial charge < -0.3 is 19.5 Å². The third kappa shape index (κ3) is 8.41. The topological polar surface area (TPSA) is 90.9 Å². The van der Waals surface area contributed by atoms with Crippen molar-refractivity contribution < 1.29 is 28.6 Å². The average Bonchev–Trinajstić information content (AvgIpc) is 2.79. The van der Waals surface area contributed by atoms with E-state index in [0.29, 0.717) is 29.4 Å². The lowest BCUT2D eigenvalue weighted by molar-refractivity contribution is -0.147. The highest BCUT2D eigenvalue weighted by Gasteiger charge is 2.13. The van der Waals surface area contributed by atoms with E-state index in [0.717, 1.165) is 24.8 Å². The molecule has 0 bridgehead atoms. The van der Waals surface area contributed by atoms with Crippen molar-refractivity contribution >= 4 is 23.3 Å². The number of ketones is 1. The number of carbonyl (C=O) groups excluding carboxylic acids is 3. The summed E-state index contributed by atoms with van der Waals surface area (Å²) < 4.78 is 15.8. The lowest BCUT2D eigenvalue weighted by Crippen LogP contribution is -2.21. The molecule has 0 aliphatic heterocycles. The molecule has 172 valence electrons. The van der Waals surface area contributed by atoms with Gasteiger partial charge in [0, 0.05) is 12.0 Å². The molecular formula is C25H31NO6. The number of nitrogens with one attached hydrogen (secondary N) is 1. The normalized spacial score (nSPS) is 10.3. The zero-order chi connectivity index (χ0) is 23.3. The number of methoxy groups -OCH3 is 1. The maximum atomic E-state index is 12.3. The van der Waals surface area contributed by atoms with E-state index in [1.165, 1.54) is 7.11 Å². The first-order chi connectivity index (χ1) is 15.4. The van der Waals surface area contributed by atoms with Gasteiger partial charge in [0.2, 0.25) is 0 Å². The number of ether oxygens (including phenoxy) is 3. The molecule has 0 fully saturated rings. The number of benzene rings is 2. The summed E-state index contributed by atoms with van der Waals surface area (Å²) >= 11 is 0. The van der Waals surface area contributed by atoms with Crippen molar-refractivity contribution in [2.24, 2.45) is 0 Å². The van der Waals surface area contributed by atoms with Crippen LogP contribution in [0.3, 0.4) is 0 Å². The van der Waals surface area contributed by atoms with Crippen molar-refractivity contribution in [3.05, 3.63) is 53.6 Å². The van der Waals surface area contributed by atoms with Gasteiger partial charge >= 0.3 is 5.97 Å². The standard InChI is InChI=1S/C25H31NO6/c1-4-5-6-15-31-20-10-8-19(9-11-20)22(27)12-14-25(29)32-17-24(28)26-21-16-18(2)7-13-23(21)30-3/h7-11,13,16H,4-6,12,14-15,17H2,1-3H3,(H,26,28). The van der Waals surface area contributed by atoms with Gasteiger partial charge in [-0.25, -0.2) is 0 Å². The van der Waals surface area contributed by atoms with Gasteiger partial charge in [-0.1, -0.05) is 25.8 Å². The van der Waals surface area contributed by atoms with Crippen LogP contribution in [0.5, 0.6) is 11.5 Å². The summed E-state index contributed by atoms with van der Waals surface area (Å²) in [5, 5.41) is 2.66. The molecule has 7 heteroatoms. The van der Waals surface area contributed by atoms with E-state index in [9.17, 15) is 14.4 Å².